The monoisotopic (exact) mass is 402 g/mol. The predicted octanol–water partition coefficient (Wildman–Crippen LogP) is 7.85. The first-order valence-electron chi connectivity index (χ1n) is 9.32. The molecule has 0 saturated heterocycles. The van der Waals surface area contributed by atoms with Crippen molar-refractivity contribution in [1.82, 2.24) is 4.98 Å². The van der Waals surface area contributed by atoms with Crippen molar-refractivity contribution >= 4 is 50.7 Å². The Balaban J connectivity index is 1.72. The molecule has 2 aromatic heterocycles. The molecule has 28 heavy (non-hydrogen) atoms. The fourth-order valence-electron chi connectivity index (χ4n) is 3.43. The van der Waals surface area contributed by atoms with Gasteiger partial charge in [0.2, 0.25) is 0 Å². The minimum atomic E-state index is 0.402. The van der Waals surface area contributed by atoms with E-state index in [1.165, 1.54) is 26.1 Å². The molecule has 4 heteroatoms. The lowest BCUT2D eigenvalue weighted by Crippen LogP contribution is -1.91. The first-order chi connectivity index (χ1) is 13.6. The van der Waals surface area contributed by atoms with Gasteiger partial charge in [-0.05, 0) is 30.0 Å². The number of nitrogens with zero attached hydrogens (tertiary/aromatic N) is 2. The van der Waals surface area contributed by atoms with Crippen LogP contribution in [0.25, 0.3) is 27.4 Å². The molecule has 0 spiro atoms. The summed E-state index contributed by atoms with van der Waals surface area (Å²) in [7, 11) is 0. The van der Waals surface area contributed by atoms with Gasteiger partial charge in [-0.15, -0.1) is 22.7 Å². The van der Waals surface area contributed by atoms with E-state index in [1.807, 2.05) is 23.6 Å². The van der Waals surface area contributed by atoms with Gasteiger partial charge in [0.05, 0.1) is 17.6 Å². The van der Waals surface area contributed by atoms with E-state index in [0.717, 1.165) is 22.0 Å². The van der Waals surface area contributed by atoms with E-state index in [0.29, 0.717) is 5.92 Å². The molecule has 2 aromatic carbocycles. The maximum Gasteiger partial charge on any atom is 0.135 e. The third-order valence-corrected chi connectivity index (χ3v) is 6.66. The van der Waals surface area contributed by atoms with Crippen LogP contribution in [-0.4, -0.2) is 11.2 Å². The number of aryl methyl sites for hydroxylation is 1. The van der Waals surface area contributed by atoms with E-state index in [1.54, 1.807) is 11.3 Å². The minimum absolute atomic E-state index is 0.402. The summed E-state index contributed by atoms with van der Waals surface area (Å²) in [5, 5.41) is 4.32. The van der Waals surface area contributed by atoms with Gasteiger partial charge in [0, 0.05) is 25.9 Å². The standard InChI is InChI=1S/C24H22N2S2/c1-5-17-9-8-11-18(15(2)3)24(17)25-13-22-26-20(14-27-22)23-16(4)28-21-12-7-6-10-19(21)23/h5-15H,1H2,2-4H3. The van der Waals surface area contributed by atoms with Crippen molar-refractivity contribution in [2.45, 2.75) is 26.7 Å². The molecule has 0 atom stereocenters. The third kappa shape index (κ3) is 3.46. The molecule has 4 aromatic rings. The molecule has 0 bridgehead atoms. The number of aromatic nitrogens is 1. The molecule has 0 unspecified atom stereocenters. The van der Waals surface area contributed by atoms with E-state index < -0.39 is 0 Å². The smallest absolute Gasteiger partial charge is 0.135 e. The largest absolute Gasteiger partial charge is 0.253 e. The molecule has 0 amide bonds. The number of fused-ring (bicyclic) bond motifs is 1. The van der Waals surface area contributed by atoms with Crippen LogP contribution in [0.15, 0.2) is 59.4 Å². The molecule has 0 radical (unpaired) electrons. The van der Waals surface area contributed by atoms with Crippen LogP contribution in [0.2, 0.25) is 0 Å². The maximum atomic E-state index is 4.86. The molecule has 0 saturated carbocycles. The van der Waals surface area contributed by atoms with Gasteiger partial charge in [-0.3, -0.25) is 4.99 Å². The number of thiophene rings is 1. The molecule has 0 aliphatic carbocycles. The van der Waals surface area contributed by atoms with Crippen LogP contribution in [-0.2, 0) is 0 Å². The predicted molar refractivity (Wildman–Crippen MR) is 126 cm³/mol. The molecule has 2 heterocycles. The van der Waals surface area contributed by atoms with Crippen LogP contribution in [0.3, 0.4) is 0 Å². The zero-order valence-electron chi connectivity index (χ0n) is 16.3. The SMILES string of the molecule is C=Cc1cccc(C(C)C)c1N=Cc1nc(-c2c(C)sc3ccccc23)cs1. The van der Waals surface area contributed by atoms with Crippen LogP contribution in [0.4, 0.5) is 5.69 Å². The van der Waals surface area contributed by atoms with Crippen LogP contribution < -0.4 is 0 Å². The molecule has 0 aliphatic rings. The van der Waals surface area contributed by atoms with Gasteiger partial charge in [0.15, 0.2) is 0 Å². The number of rotatable bonds is 5. The second-order valence-corrected chi connectivity index (χ2v) is 9.15. The van der Waals surface area contributed by atoms with Gasteiger partial charge in [0.25, 0.3) is 0 Å². The Kier molecular flexibility index (Phi) is 5.25. The first-order valence-corrected chi connectivity index (χ1v) is 11.0. The minimum Gasteiger partial charge on any atom is -0.253 e. The average Bonchev–Trinajstić information content (AvgIpc) is 3.28. The lowest BCUT2D eigenvalue weighted by molar-refractivity contribution is 0.866. The third-order valence-electron chi connectivity index (χ3n) is 4.79. The molecule has 140 valence electrons. The van der Waals surface area contributed by atoms with Crippen LogP contribution in [0.5, 0.6) is 0 Å². The number of hydrogen-bond acceptors (Lipinski definition) is 4. The molecular formula is C24H22N2S2. The first kappa shape index (κ1) is 18.8. The quantitative estimate of drug-likeness (QED) is 0.312. The molecule has 0 N–H and O–H groups in total. The van der Waals surface area contributed by atoms with Gasteiger partial charge in [0.1, 0.15) is 5.01 Å². The Morgan fingerprint density at radius 2 is 1.93 bits per heavy atom. The van der Waals surface area contributed by atoms with Crippen molar-refractivity contribution in [3.05, 3.63) is 75.4 Å². The zero-order chi connectivity index (χ0) is 19.7. The van der Waals surface area contributed by atoms with E-state index in [-0.39, 0.29) is 0 Å². The summed E-state index contributed by atoms with van der Waals surface area (Å²) in [5.41, 5.74) is 5.54. The van der Waals surface area contributed by atoms with Gasteiger partial charge >= 0.3 is 0 Å². The summed E-state index contributed by atoms with van der Waals surface area (Å²) in [5.74, 6) is 0.402. The normalized spacial score (nSPS) is 11.7. The zero-order valence-corrected chi connectivity index (χ0v) is 17.9. The van der Waals surface area contributed by atoms with E-state index in [2.05, 4.69) is 75.2 Å². The number of hydrogen-bond donors (Lipinski definition) is 0. The fourth-order valence-corrected chi connectivity index (χ4v) is 5.17. The molecule has 4 rings (SSSR count). The lowest BCUT2D eigenvalue weighted by Gasteiger charge is -2.11. The van der Waals surface area contributed by atoms with Crippen molar-refractivity contribution in [3.8, 4) is 11.3 Å². The Morgan fingerprint density at radius 3 is 2.71 bits per heavy atom. The second-order valence-electron chi connectivity index (χ2n) is 7.00. The summed E-state index contributed by atoms with van der Waals surface area (Å²) >= 11 is 3.45. The van der Waals surface area contributed by atoms with Crippen molar-refractivity contribution in [1.29, 1.82) is 0 Å². The van der Waals surface area contributed by atoms with Crippen molar-refractivity contribution < 1.29 is 0 Å². The maximum absolute atomic E-state index is 4.86. The van der Waals surface area contributed by atoms with Gasteiger partial charge in [-0.2, -0.15) is 0 Å². The topological polar surface area (TPSA) is 25.2 Å². The highest BCUT2D eigenvalue weighted by Crippen LogP contribution is 2.38. The number of thiazole rings is 1. The number of para-hydroxylation sites is 1. The lowest BCUT2D eigenvalue weighted by atomic mass is 9.98. The molecule has 0 aliphatic heterocycles. The summed E-state index contributed by atoms with van der Waals surface area (Å²) in [4.78, 5) is 11.0. The van der Waals surface area contributed by atoms with Crippen molar-refractivity contribution in [3.63, 3.8) is 0 Å². The van der Waals surface area contributed by atoms with Crippen LogP contribution >= 0.6 is 22.7 Å². The van der Waals surface area contributed by atoms with Gasteiger partial charge < -0.3 is 0 Å². The van der Waals surface area contributed by atoms with Crippen molar-refractivity contribution in [2.75, 3.05) is 0 Å². The Labute approximate surface area is 173 Å². The van der Waals surface area contributed by atoms with E-state index in [4.69, 9.17) is 9.98 Å². The highest BCUT2D eigenvalue weighted by molar-refractivity contribution is 7.19. The summed E-state index contributed by atoms with van der Waals surface area (Å²) in [6.45, 7) is 10.5. The molecule has 0 fully saturated rings. The van der Waals surface area contributed by atoms with Gasteiger partial charge in [-0.25, -0.2) is 4.98 Å². The number of aliphatic imine (C=N–C) groups is 1. The summed E-state index contributed by atoms with van der Waals surface area (Å²) in [6.07, 6.45) is 3.75. The van der Waals surface area contributed by atoms with Gasteiger partial charge in [-0.1, -0.05) is 62.9 Å². The van der Waals surface area contributed by atoms with Crippen LogP contribution in [0, 0.1) is 6.92 Å². The van der Waals surface area contributed by atoms with E-state index in [9.17, 15) is 0 Å². The Hall–Kier alpha value is -2.56. The van der Waals surface area contributed by atoms with E-state index >= 15 is 0 Å². The highest BCUT2D eigenvalue weighted by Gasteiger charge is 2.14. The Morgan fingerprint density at radius 1 is 1.11 bits per heavy atom. The molecule has 2 nitrogen and oxygen atoms in total. The molecular weight excluding hydrogens is 380 g/mol. The highest BCUT2D eigenvalue weighted by atomic mass is 32.1. The summed E-state index contributed by atoms with van der Waals surface area (Å²) in [6, 6.07) is 14.8. The van der Waals surface area contributed by atoms with Crippen LogP contribution in [0.1, 0.15) is 40.8 Å². The number of benzene rings is 2. The average molecular weight is 403 g/mol. The summed E-state index contributed by atoms with van der Waals surface area (Å²) < 4.78 is 1.31. The second kappa shape index (κ2) is 7.82. The Bertz CT molecular complexity index is 1180. The fraction of sp³-hybridized carbons (Fsp3) is 0.167. The van der Waals surface area contributed by atoms with Crippen molar-refractivity contribution in [2.24, 2.45) is 4.99 Å².